The SMILES string of the molecule is Cc1ccc(-c2ccc3c(c2)c2ccccc2n3-c2cccc3c2C(=O)N(c2cc(-c4ccccc4)cc(-c4ccccc4)c2)C3=O)c(C(F)(F)F)c1. The average molecular weight is 699 g/mol. The highest BCUT2D eigenvalue weighted by molar-refractivity contribution is 6.36. The van der Waals surface area contributed by atoms with Gasteiger partial charge in [-0.25, -0.2) is 4.90 Å². The van der Waals surface area contributed by atoms with Gasteiger partial charge in [-0.1, -0.05) is 109 Å². The zero-order chi connectivity index (χ0) is 36.4. The number of benzene rings is 7. The Hall–Kier alpha value is -6.73. The molecule has 8 aromatic rings. The van der Waals surface area contributed by atoms with Crippen LogP contribution in [0.4, 0.5) is 18.9 Å². The van der Waals surface area contributed by atoms with Crippen molar-refractivity contribution in [1.82, 2.24) is 4.57 Å². The van der Waals surface area contributed by atoms with E-state index in [4.69, 9.17) is 0 Å². The molecule has 2 amide bonds. The molecule has 7 aromatic carbocycles. The van der Waals surface area contributed by atoms with Gasteiger partial charge in [0.05, 0.1) is 39.1 Å². The van der Waals surface area contributed by atoms with E-state index in [1.807, 2.05) is 108 Å². The number of hydrogen-bond donors (Lipinski definition) is 0. The number of carbonyl (C=O) groups is 2. The number of hydrogen-bond acceptors (Lipinski definition) is 2. The number of carbonyl (C=O) groups excluding carboxylic acids is 2. The van der Waals surface area contributed by atoms with Crippen molar-refractivity contribution in [3.63, 3.8) is 0 Å². The van der Waals surface area contributed by atoms with Gasteiger partial charge >= 0.3 is 6.18 Å². The molecule has 2 heterocycles. The second-order valence-electron chi connectivity index (χ2n) is 13.3. The number of anilines is 1. The van der Waals surface area contributed by atoms with Gasteiger partial charge in [0.2, 0.25) is 0 Å². The average Bonchev–Trinajstić information content (AvgIpc) is 3.65. The van der Waals surface area contributed by atoms with Gasteiger partial charge in [-0.2, -0.15) is 13.2 Å². The molecule has 0 bridgehead atoms. The van der Waals surface area contributed by atoms with E-state index in [9.17, 15) is 22.8 Å². The summed E-state index contributed by atoms with van der Waals surface area (Å²) in [4.78, 5) is 30.2. The van der Waals surface area contributed by atoms with Gasteiger partial charge in [-0.15, -0.1) is 0 Å². The number of para-hydroxylation sites is 1. The van der Waals surface area contributed by atoms with E-state index in [2.05, 4.69) is 6.07 Å². The van der Waals surface area contributed by atoms with Crippen molar-refractivity contribution < 1.29 is 22.8 Å². The van der Waals surface area contributed by atoms with E-state index in [1.165, 1.54) is 17.0 Å². The summed E-state index contributed by atoms with van der Waals surface area (Å²) in [7, 11) is 0. The number of imide groups is 1. The minimum atomic E-state index is -4.53. The molecule has 0 saturated heterocycles. The number of aryl methyl sites for hydroxylation is 1. The van der Waals surface area contributed by atoms with Gasteiger partial charge in [0, 0.05) is 10.8 Å². The predicted octanol–water partition coefficient (Wildman–Crippen LogP) is 11.9. The highest BCUT2D eigenvalue weighted by Gasteiger charge is 2.40. The van der Waals surface area contributed by atoms with E-state index < -0.39 is 23.6 Å². The zero-order valence-corrected chi connectivity index (χ0v) is 28.4. The molecule has 9 rings (SSSR count). The van der Waals surface area contributed by atoms with E-state index in [0.717, 1.165) is 38.5 Å². The third kappa shape index (κ3) is 5.32. The summed E-state index contributed by atoms with van der Waals surface area (Å²) in [5.41, 5.74) is 6.90. The van der Waals surface area contributed by atoms with E-state index in [1.54, 1.807) is 43.3 Å². The van der Waals surface area contributed by atoms with Crippen LogP contribution in [0.15, 0.2) is 158 Å². The Morgan fingerprint density at radius 2 is 1.13 bits per heavy atom. The standard InChI is InChI=1S/C46H29F3N2O2/c1-28-19-21-35(39(23-28)46(47,48)49)31-20-22-41-38(27-31)36-15-8-9-17-40(36)51(41)42-18-10-16-37-43(42)45(53)50(44(37)52)34-25-32(29-11-4-2-5-12-29)24-33(26-34)30-13-6-3-7-14-30/h2-27H,1H3. The zero-order valence-electron chi connectivity index (χ0n) is 28.4. The van der Waals surface area contributed by atoms with Crippen molar-refractivity contribution in [2.45, 2.75) is 13.1 Å². The van der Waals surface area contributed by atoms with Gasteiger partial charge in [0.15, 0.2) is 0 Å². The normalized spacial score (nSPS) is 12.9. The predicted molar refractivity (Wildman–Crippen MR) is 204 cm³/mol. The summed E-state index contributed by atoms with van der Waals surface area (Å²) in [6, 6.07) is 47.8. The lowest BCUT2D eigenvalue weighted by Gasteiger charge is -2.18. The van der Waals surface area contributed by atoms with Crippen molar-refractivity contribution >= 4 is 39.3 Å². The molecule has 7 heteroatoms. The maximum absolute atomic E-state index is 14.7. The van der Waals surface area contributed by atoms with Gasteiger partial charge in [0.1, 0.15) is 0 Å². The first-order valence-corrected chi connectivity index (χ1v) is 17.2. The number of nitrogens with zero attached hydrogens (tertiary/aromatic N) is 2. The van der Waals surface area contributed by atoms with E-state index in [0.29, 0.717) is 28.0 Å². The second kappa shape index (κ2) is 12.2. The lowest BCUT2D eigenvalue weighted by Crippen LogP contribution is -2.29. The largest absolute Gasteiger partial charge is 0.417 e. The van der Waals surface area contributed by atoms with Crippen LogP contribution < -0.4 is 4.90 Å². The number of rotatable bonds is 5. The summed E-state index contributed by atoms with van der Waals surface area (Å²) in [5, 5.41) is 1.53. The Balaban J connectivity index is 1.21. The molecule has 0 saturated carbocycles. The first kappa shape index (κ1) is 32.2. The Kier molecular flexibility index (Phi) is 7.41. The third-order valence-corrected chi connectivity index (χ3v) is 9.99. The molecule has 53 heavy (non-hydrogen) atoms. The van der Waals surface area contributed by atoms with E-state index >= 15 is 0 Å². The minimum Gasteiger partial charge on any atom is -0.308 e. The van der Waals surface area contributed by atoms with Crippen molar-refractivity contribution in [2.24, 2.45) is 0 Å². The Morgan fingerprint density at radius 3 is 1.81 bits per heavy atom. The fourth-order valence-electron chi connectivity index (χ4n) is 7.57. The molecule has 0 atom stereocenters. The first-order chi connectivity index (χ1) is 25.7. The van der Waals surface area contributed by atoms with Crippen LogP contribution in [0.1, 0.15) is 31.8 Å². The van der Waals surface area contributed by atoms with Crippen LogP contribution >= 0.6 is 0 Å². The minimum absolute atomic E-state index is 0.0893. The molecule has 256 valence electrons. The molecule has 0 unspecified atom stereocenters. The fraction of sp³-hybridized carbons (Fsp3) is 0.0435. The molecule has 1 aliphatic heterocycles. The van der Waals surface area contributed by atoms with Gasteiger partial charge < -0.3 is 4.57 Å². The van der Waals surface area contributed by atoms with Crippen LogP contribution in [0.3, 0.4) is 0 Å². The lowest BCUT2D eigenvalue weighted by atomic mass is 9.96. The van der Waals surface area contributed by atoms with Crippen molar-refractivity contribution in [3.05, 3.63) is 180 Å². The Labute approximate surface area is 303 Å². The highest BCUT2D eigenvalue weighted by atomic mass is 19.4. The number of halogens is 3. The monoisotopic (exact) mass is 698 g/mol. The van der Waals surface area contributed by atoms with Crippen LogP contribution in [-0.4, -0.2) is 16.4 Å². The molecule has 0 spiro atoms. The highest BCUT2D eigenvalue weighted by Crippen LogP contribution is 2.43. The van der Waals surface area contributed by atoms with Crippen LogP contribution in [0, 0.1) is 6.92 Å². The van der Waals surface area contributed by atoms with Crippen molar-refractivity contribution in [2.75, 3.05) is 4.90 Å². The summed E-state index contributed by atoms with van der Waals surface area (Å²) in [5.74, 6) is -0.889. The fourth-order valence-corrected chi connectivity index (χ4v) is 7.57. The van der Waals surface area contributed by atoms with Crippen LogP contribution in [0.25, 0.3) is 60.9 Å². The Bertz CT molecular complexity index is 2710. The number of alkyl halides is 3. The Morgan fingerprint density at radius 1 is 0.491 bits per heavy atom. The maximum atomic E-state index is 14.7. The summed E-state index contributed by atoms with van der Waals surface area (Å²) in [6.07, 6.45) is -4.53. The van der Waals surface area contributed by atoms with Crippen molar-refractivity contribution in [1.29, 1.82) is 0 Å². The number of fused-ring (bicyclic) bond motifs is 4. The smallest absolute Gasteiger partial charge is 0.308 e. The lowest BCUT2D eigenvalue weighted by molar-refractivity contribution is -0.137. The quantitative estimate of drug-likeness (QED) is 0.168. The van der Waals surface area contributed by atoms with E-state index in [-0.39, 0.29) is 16.7 Å². The molecular formula is C46H29F3N2O2. The van der Waals surface area contributed by atoms with Crippen LogP contribution in [-0.2, 0) is 6.18 Å². The van der Waals surface area contributed by atoms with Gasteiger partial charge in [-0.3, -0.25) is 9.59 Å². The summed E-state index contributed by atoms with van der Waals surface area (Å²) >= 11 is 0. The maximum Gasteiger partial charge on any atom is 0.417 e. The molecule has 1 aliphatic rings. The van der Waals surface area contributed by atoms with Crippen LogP contribution in [0.5, 0.6) is 0 Å². The summed E-state index contributed by atoms with van der Waals surface area (Å²) < 4.78 is 44.5. The molecular weight excluding hydrogens is 670 g/mol. The molecule has 0 fully saturated rings. The molecule has 0 N–H and O–H groups in total. The molecule has 4 nitrogen and oxygen atoms in total. The van der Waals surface area contributed by atoms with Crippen molar-refractivity contribution in [3.8, 4) is 39.1 Å². The second-order valence-corrected chi connectivity index (χ2v) is 13.3. The topological polar surface area (TPSA) is 42.3 Å². The molecule has 0 aliphatic carbocycles. The molecule has 0 radical (unpaired) electrons. The summed E-state index contributed by atoms with van der Waals surface area (Å²) in [6.45, 7) is 1.64. The first-order valence-electron chi connectivity index (χ1n) is 17.2. The number of amides is 2. The van der Waals surface area contributed by atoms with Crippen LogP contribution in [0.2, 0.25) is 0 Å². The third-order valence-electron chi connectivity index (χ3n) is 9.99. The van der Waals surface area contributed by atoms with Gasteiger partial charge in [-0.05, 0) is 94.9 Å². The number of aromatic nitrogens is 1. The van der Waals surface area contributed by atoms with Gasteiger partial charge in [0.25, 0.3) is 11.8 Å². The molecule has 1 aromatic heterocycles.